The molecule has 2 aliphatic heterocycles. The number of carbonyl (C=O) groups excluding carboxylic acids is 2. The molecule has 3 heterocycles. The monoisotopic (exact) mass is 468 g/mol. The van der Waals surface area contributed by atoms with Gasteiger partial charge < -0.3 is 15.7 Å². The highest BCUT2D eigenvalue weighted by molar-refractivity contribution is 9.10. The second-order valence-electron chi connectivity index (χ2n) is 6.96. The molecule has 0 bridgehead atoms. The maximum absolute atomic E-state index is 13.2. The summed E-state index contributed by atoms with van der Waals surface area (Å²) in [6, 6.07) is 14.4. The molecule has 144 valence electrons. The molecule has 29 heavy (non-hydrogen) atoms. The van der Waals surface area contributed by atoms with E-state index in [1.807, 2.05) is 18.2 Å². The zero-order chi connectivity index (χ0) is 20.3. The highest BCUT2D eigenvalue weighted by Gasteiger charge is 2.55. The van der Waals surface area contributed by atoms with Gasteiger partial charge in [0, 0.05) is 15.7 Å². The number of hydrogen-bond acceptors (Lipinski definition) is 4. The number of rotatable bonds is 2. The molecule has 0 fully saturated rings. The van der Waals surface area contributed by atoms with Gasteiger partial charge in [-0.05, 0) is 29.3 Å². The molecule has 1 aromatic heterocycles. The van der Waals surface area contributed by atoms with Crippen molar-refractivity contribution in [2.24, 2.45) is 0 Å². The summed E-state index contributed by atoms with van der Waals surface area (Å²) >= 11 is 4.48. The first-order valence-electron chi connectivity index (χ1n) is 8.79. The van der Waals surface area contributed by atoms with Gasteiger partial charge in [-0.2, -0.15) is 0 Å². The number of carboxylic acid groups (broad SMARTS) is 1. The van der Waals surface area contributed by atoms with E-state index in [1.165, 1.54) is 0 Å². The van der Waals surface area contributed by atoms with Crippen LogP contribution >= 0.6 is 27.3 Å². The largest absolute Gasteiger partial charge is 0.477 e. The fourth-order valence-electron chi connectivity index (χ4n) is 4.12. The Labute approximate surface area is 177 Å². The number of carboxylic acids is 1. The van der Waals surface area contributed by atoms with Crippen LogP contribution in [-0.4, -0.2) is 22.9 Å². The molecule has 0 saturated heterocycles. The Kier molecular flexibility index (Phi) is 3.91. The van der Waals surface area contributed by atoms with Crippen LogP contribution in [0.1, 0.15) is 26.5 Å². The van der Waals surface area contributed by atoms with Crippen molar-refractivity contribution in [1.82, 2.24) is 0 Å². The smallest absolute Gasteiger partial charge is 0.346 e. The number of halogens is 1. The molecular formula is C21H13BrN2O4S. The molecular weight excluding hydrogens is 456 g/mol. The summed E-state index contributed by atoms with van der Waals surface area (Å²) in [6.45, 7) is 0. The molecule has 2 aliphatic rings. The zero-order valence-corrected chi connectivity index (χ0v) is 17.2. The van der Waals surface area contributed by atoms with Crippen molar-refractivity contribution in [3.8, 4) is 11.1 Å². The number of amides is 2. The van der Waals surface area contributed by atoms with Crippen LogP contribution in [-0.2, 0) is 15.0 Å². The van der Waals surface area contributed by atoms with E-state index >= 15 is 0 Å². The van der Waals surface area contributed by atoms with Crippen LogP contribution in [0.3, 0.4) is 0 Å². The number of aromatic carboxylic acids is 1. The van der Waals surface area contributed by atoms with E-state index in [2.05, 4.69) is 26.6 Å². The lowest BCUT2D eigenvalue weighted by Gasteiger charge is -2.31. The number of benzene rings is 2. The average molecular weight is 469 g/mol. The quantitative estimate of drug-likeness (QED) is 0.517. The Morgan fingerprint density at radius 2 is 1.86 bits per heavy atom. The van der Waals surface area contributed by atoms with Crippen molar-refractivity contribution in [3.05, 3.63) is 68.3 Å². The minimum Gasteiger partial charge on any atom is -0.477 e. The van der Waals surface area contributed by atoms with Crippen LogP contribution in [0.4, 0.5) is 11.4 Å². The van der Waals surface area contributed by atoms with E-state index in [9.17, 15) is 19.5 Å². The molecule has 3 N–H and O–H groups in total. The molecule has 1 spiro atoms. The first kappa shape index (κ1) is 18.1. The number of anilines is 2. The van der Waals surface area contributed by atoms with Crippen molar-refractivity contribution in [2.75, 3.05) is 10.6 Å². The highest BCUT2D eigenvalue weighted by atomic mass is 79.9. The lowest BCUT2D eigenvalue weighted by Crippen LogP contribution is -2.42. The number of hydrogen-bond donors (Lipinski definition) is 3. The molecule has 0 radical (unpaired) electrons. The van der Waals surface area contributed by atoms with Crippen molar-refractivity contribution in [3.63, 3.8) is 0 Å². The standard InChI is InChI=1S/C21H13BrN2O4S/c22-11-6-7-13-12(8-11)21(20(28)23-13)9-14(25)24-16-15(10-4-2-1-3-5-10)17(19(26)27)29-18(16)21/h1-8H,9H2,(H,23,28)(H,24,25)(H,26,27)/t21-/m1/s1. The van der Waals surface area contributed by atoms with Gasteiger partial charge in [-0.15, -0.1) is 11.3 Å². The molecule has 2 aromatic carbocycles. The molecule has 2 amide bonds. The Morgan fingerprint density at radius 1 is 1.10 bits per heavy atom. The van der Waals surface area contributed by atoms with Gasteiger partial charge in [-0.25, -0.2) is 4.79 Å². The van der Waals surface area contributed by atoms with Crippen LogP contribution in [0.5, 0.6) is 0 Å². The van der Waals surface area contributed by atoms with Crippen LogP contribution in [0.2, 0.25) is 0 Å². The van der Waals surface area contributed by atoms with Crippen LogP contribution in [0, 0.1) is 0 Å². The molecule has 5 rings (SSSR count). The summed E-state index contributed by atoms with van der Waals surface area (Å²) in [7, 11) is 0. The zero-order valence-electron chi connectivity index (χ0n) is 14.8. The van der Waals surface area contributed by atoms with E-state index in [0.717, 1.165) is 15.8 Å². The summed E-state index contributed by atoms with van der Waals surface area (Å²) in [4.78, 5) is 38.7. The first-order valence-corrected chi connectivity index (χ1v) is 10.4. The van der Waals surface area contributed by atoms with Gasteiger partial charge in [0.25, 0.3) is 0 Å². The fourth-order valence-corrected chi connectivity index (χ4v) is 5.80. The Hall–Kier alpha value is -2.97. The number of carbonyl (C=O) groups is 3. The lowest BCUT2D eigenvalue weighted by molar-refractivity contribution is -0.125. The van der Waals surface area contributed by atoms with Gasteiger partial charge in [0.1, 0.15) is 10.3 Å². The van der Waals surface area contributed by atoms with Gasteiger partial charge in [0.15, 0.2) is 0 Å². The van der Waals surface area contributed by atoms with Gasteiger partial charge in [-0.3, -0.25) is 9.59 Å². The second kappa shape index (κ2) is 6.27. The van der Waals surface area contributed by atoms with Crippen LogP contribution in [0.25, 0.3) is 11.1 Å². The molecule has 0 aliphatic carbocycles. The van der Waals surface area contributed by atoms with E-state index in [0.29, 0.717) is 32.9 Å². The van der Waals surface area contributed by atoms with E-state index in [1.54, 1.807) is 30.3 Å². The Bertz CT molecular complexity index is 1220. The van der Waals surface area contributed by atoms with Crippen molar-refractivity contribution < 1.29 is 19.5 Å². The van der Waals surface area contributed by atoms with Gasteiger partial charge in [0.2, 0.25) is 11.8 Å². The molecule has 0 saturated carbocycles. The highest BCUT2D eigenvalue weighted by Crippen LogP contribution is 2.56. The third-order valence-corrected chi connectivity index (χ3v) is 7.15. The maximum atomic E-state index is 13.2. The lowest BCUT2D eigenvalue weighted by atomic mass is 9.74. The minimum absolute atomic E-state index is 0.0803. The predicted molar refractivity (Wildman–Crippen MR) is 114 cm³/mol. The summed E-state index contributed by atoms with van der Waals surface area (Å²) in [5.41, 5.74) is 1.56. The SMILES string of the molecule is O=C1C[C@]2(C(=O)Nc3ccc(Br)cc32)c2sc(C(=O)O)c(-c3ccccc3)c2N1. The maximum Gasteiger partial charge on any atom is 0.346 e. The van der Waals surface area contributed by atoms with Gasteiger partial charge in [0.05, 0.1) is 17.0 Å². The van der Waals surface area contributed by atoms with Crippen molar-refractivity contribution in [2.45, 2.75) is 11.8 Å². The normalized spacial score (nSPS) is 19.5. The first-order chi connectivity index (χ1) is 13.9. The Balaban J connectivity index is 1.86. The summed E-state index contributed by atoms with van der Waals surface area (Å²) in [5.74, 6) is -1.74. The topological polar surface area (TPSA) is 95.5 Å². The third kappa shape index (κ3) is 2.49. The van der Waals surface area contributed by atoms with Gasteiger partial charge >= 0.3 is 5.97 Å². The van der Waals surface area contributed by atoms with Gasteiger partial charge in [-0.1, -0.05) is 46.3 Å². The molecule has 3 aromatic rings. The van der Waals surface area contributed by atoms with Crippen LogP contribution in [0.15, 0.2) is 53.0 Å². The Morgan fingerprint density at radius 3 is 2.59 bits per heavy atom. The van der Waals surface area contributed by atoms with Crippen LogP contribution < -0.4 is 10.6 Å². The summed E-state index contributed by atoms with van der Waals surface area (Å²) in [5, 5.41) is 15.6. The minimum atomic E-state index is -1.25. The van der Waals surface area contributed by atoms with Crippen molar-refractivity contribution in [1.29, 1.82) is 0 Å². The molecule has 8 heteroatoms. The molecule has 0 unspecified atom stereocenters. The average Bonchev–Trinajstić information content (AvgIpc) is 3.20. The molecule has 1 atom stereocenters. The van der Waals surface area contributed by atoms with E-state index in [-0.39, 0.29) is 23.1 Å². The predicted octanol–water partition coefficient (Wildman–Crippen LogP) is 4.46. The number of thiophene rings is 1. The second-order valence-corrected chi connectivity index (χ2v) is 8.89. The summed E-state index contributed by atoms with van der Waals surface area (Å²) < 4.78 is 0.776. The number of fused-ring (bicyclic) bond motifs is 4. The van der Waals surface area contributed by atoms with Crippen molar-refractivity contribution >= 4 is 56.4 Å². The number of nitrogens with one attached hydrogen (secondary N) is 2. The van der Waals surface area contributed by atoms with E-state index < -0.39 is 11.4 Å². The summed E-state index contributed by atoms with van der Waals surface area (Å²) in [6.07, 6.45) is -0.0803. The molecule has 6 nitrogen and oxygen atoms in total. The fraction of sp³-hybridized carbons (Fsp3) is 0.0952. The van der Waals surface area contributed by atoms with E-state index in [4.69, 9.17) is 0 Å². The third-order valence-electron chi connectivity index (χ3n) is 5.32.